The van der Waals surface area contributed by atoms with Gasteiger partial charge in [0.05, 0.1) is 4.90 Å². The van der Waals surface area contributed by atoms with E-state index in [9.17, 15) is 12.8 Å². The normalized spacial score (nSPS) is 12.1. The van der Waals surface area contributed by atoms with Crippen molar-refractivity contribution in [2.45, 2.75) is 18.4 Å². The van der Waals surface area contributed by atoms with Crippen molar-refractivity contribution >= 4 is 10.0 Å². The number of nitrogens with zero attached hydrogens (tertiary/aromatic N) is 1. The third-order valence-corrected chi connectivity index (χ3v) is 3.79. The second kappa shape index (κ2) is 5.09. The molecule has 96 valence electrons. The molecule has 0 fully saturated rings. The smallest absolute Gasteiger partial charge is 0.253 e. The number of rotatable bonds is 4. The molecule has 7 heteroatoms. The molecule has 0 aliphatic heterocycles. The van der Waals surface area contributed by atoms with Gasteiger partial charge in [-0.05, 0) is 24.6 Å². The van der Waals surface area contributed by atoms with E-state index in [4.69, 9.17) is 5.73 Å². The number of nitrogens with two attached hydrogens (primary N) is 1. The van der Waals surface area contributed by atoms with Gasteiger partial charge in [-0.1, -0.05) is 0 Å². The van der Waals surface area contributed by atoms with Crippen molar-refractivity contribution in [2.75, 3.05) is 14.1 Å². The lowest BCUT2D eigenvalue weighted by atomic mass is 10.1. The Kier molecular flexibility index (Phi) is 4.21. The Bertz CT molecular complexity index is 515. The van der Waals surface area contributed by atoms with E-state index in [1.807, 2.05) is 0 Å². The van der Waals surface area contributed by atoms with Gasteiger partial charge in [-0.15, -0.1) is 4.83 Å². The van der Waals surface area contributed by atoms with Gasteiger partial charge in [0.15, 0.2) is 0 Å². The fourth-order valence-electron chi connectivity index (χ4n) is 1.39. The number of hydrogen-bond acceptors (Lipinski definition) is 4. The number of benzene rings is 1. The zero-order chi connectivity index (χ0) is 13.2. The highest BCUT2D eigenvalue weighted by Gasteiger charge is 2.20. The molecule has 0 saturated carbocycles. The van der Waals surface area contributed by atoms with Crippen LogP contribution in [0.25, 0.3) is 0 Å². The molecule has 0 bridgehead atoms. The van der Waals surface area contributed by atoms with E-state index >= 15 is 0 Å². The Morgan fingerprint density at radius 3 is 2.47 bits per heavy atom. The molecule has 1 aromatic rings. The van der Waals surface area contributed by atoms with Gasteiger partial charge in [0.25, 0.3) is 10.0 Å². The summed E-state index contributed by atoms with van der Waals surface area (Å²) in [6.45, 7) is 1.50. The van der Waals surface area contributed by atoms with Crippen LogP contribution in [0.5, 0.6) is 0 Å². The molecule has 0 saturated heterocycles. The molecule has 1 rings (SSSR count). The zero-order valence-corrected chi connectivity index (χ0v) is 10.8. The van der Waals surface area contributed by atoms with Crippen LogP contribution in [0.15, 0.2) is 17.0 Å². The molecule has 3 N–H and O–H groups in total. The van der Waals surface area contributed by atoms with Crippen LogP contribution in [0, 0.1) is 12.7 Å². The zero-order valence-electron chi connectivity index (χ0n) is 9.99. The van der Waals surface area contributed by atoms with E-state index in [0.29, 0.717) is 5.56 Å². The second-order valence-corrected chi connectivity index (χ2v) is 5.52. The molecule has 0 aromatic heterocycles. The van der Waals surface area contributed by atoms with Gasteiger partial charge in [0, 0.05) is 26.2 Å². The summed E-state index contributed by atoms with van der Waals surface area (Å²) >= 11 is 0. The summed E-state index contributed by atoms with van der Waals surface area (Å²) < 4.78 is 37.4. The summed E-state index contributed by atoms with van der Waals surface area (Å²) in [6.07, 6.45) is 0. The molecular formula is C10H16FN3O2S. The summed E-state index contributed by atoms with van der Waals surface area (Å²) in [5.74, 6) is -0.577. The number of halogens is 1. The van der Waals surface area contributed by atoms with Crippen molar-refractivity contribution in [3.8, 4) is 0 Å². The fourth-order valence-corrected chi connectivity index (χ4v) is 2.78. The maximum atomic E-state index is 13.5. The summed E-state index contributed by atoms with van der Waals surface area (Å²) in [5, 5.41) is 1.28. The van der Waals surface area contributed by atoms with Crippen LogP contribution in [0.3, 0.4) is 0 Å². The van der Waals surface area contributed by atoms with Gasteiger partial charge in [-0.2, -0.15) is 0 Å². The van der Waals surface area contributed by atoms with E-state index < -0.39 is 15.8 Å². The van der Waals surface area contributed by atoms with Crippen LogP contribution in [0.2, 0.25) is 0 Å². The fraction of sp³-hybridized carbons (Fsp3) is 0.400. The first-order valence-corrected chi connectivity index (χ1v) is 6.45. The summed E-state index contributed by atoms with van der Waals surface area (Å²) in [5.41, 5.74) is 5.91. The molecule has 1 aromatic carbocycles. The van der Waals surface area contributed by atoms with E-state index in [2.05, 4.69) is 4.83 Å². The van der Waals surface area contributed by atoms with Gasteiger partial charge in [-0.3, -0.25) is 0 Å². The van der Waals surface area contributed by atoms with E-state index in [1.54, 1.807) is 0 Å². The van der Waals surface area contributed by atoms with Crippen molar-refractivity contribution < 1.29 is 12.8 Å². The largest absolute Gasteiger partial charge is 0.326 e. The maximum absolute atomic E-state index is 13.5. The van der Waals surface area contributed by atoms with Crippen LogP contribution in [0.1, 0.15) is 11.1 Å². The van der Waals surface area contributed by atoms with E-state index in [0.717, 1.165) is 0 Å². The number of nitrogens with one attached hydrogen (secondary N) is 1. The molecule has 0 heterocycles. The third kappa shape index (κ3) is 3.22. The van der Waals surface area contributed by atoms with Crippen LogP contribution in [0.4, 0.5) is 4.39 Å². The van der Waals surface area contributed by atoms with Gasteiger partial charge in [0.2, 0.25) is 0 Å². The molecule has 0 amide bonds. The van der Waals surface area contributed by atoms with Crippen molar-refractivity contribution in [1.82, 2.24) is 9.84 Å². The first-order chi connectivity index (χ1) is 7.77. The lowest BCUT2D eigenvalue weighted by molar-refractivity contribution is 0.363. The molecular weight excluding hydrogens is 245 g/mol. The van der Waals surface area contributed by atoms with Crippen LogP contribution in [-0.4, -0.2) is 27.5 Å². The molecule has 0 aliphatic carbocycles. The topological polar surface area (TPSA) is 75.4 Å². The Morgan fingerprint density at radius 2 is 2.00 bits per heavy atom. The number of sulfonamides is 1. The molecule has 0 radical (unpaired) electrons. The Balaban J connectivity index is 3.35. The Labute approximate surface area is 100 Å². The van der Waals surface area contributed by atoms with Crippen molar-refractivity contribution in [1.29, 1.82) is 0 Å². The van der Waals surface area contributed by atoms with Gasteiger partial charge >= 0.3 is 0 Å². The SMILES string of the molecule is Cc1c(F)cc(CN)cc1S(=O)(=O)NN(C)C. The third-order valence-electron chi connectivity index (χ3n) is 2.18. The molecule has 0 atom stereocenters. The predicted octanol–water partition coefficient (Wildman–Crippen LogP) is 0.348. The Hall–Kier alpha value is -1.02. The Morgan fingerprint density at radius 1 is 1.41 bits per heavy atom. The second-order valence-electron chi connectivity index (χ2n) is 3.89. The first kappa shape index (κ1) is 14.0. The highest BCUT2D eigenvalue weighted by Crippen LogP contribution is 2.20. The van der Waals surface area contributed by atoms with Crippen LogP contribution < -0.4 is 10.6 Å². The molecule has 0 aliphatic rings. The lowest BCUT2D eigenvalue weighted by Gasteiger charge is -2.15. The molecule has 0 unspecified atom stereocenters. The van der Waals surface area contributed by atoms with E-state index in [1.165, 1.54) is 38.2 Å². The van der Waals surface area contributed by atoms with Crippen LogP contribution >= 0.6 is 0 Å². The molecule has 5 nitrogen and oxygen atoms in total. The first-order valence-electron chi connectivity index (χ1n) is 4.97. The van der Waals surface area contributed by atoms with Gasteiger partial charge in [0.1, 0.15) is 5.82 Å². The predicted molar refractivity (Wildman–Crippen MR) is 63.0 cm³/mol. The maximum Gasteiger partial charge on any atom is 0.253 e. The number of hydrogen-bond donors (Lipinski definition) is 2. The number of hydrazine groups is 1. The summed E-state index contributed by atoms with van der Waals surface area (Å²) in [4.78, 5) is 2.16. The molecule has 0 spiro atoms. The standard InChI is InChI=1S/C10H16FN3O2S/c1-7-9(11)4-8(6-12)5-10(7)17(15,16)13-14(2)3/h4-5,13H,6,12H2,1-3H3. The summed E-state index contributed by atoms with van der Waals surface area (Å²) in [6, 6.07) is 2.62. The highest BCUT2D eigenvalue weighted by molar-refractivity contribution is 7.89. The summed E-state index contributed by atoms with van der Waals surface area (Å²) in [7, 11) is -0.689. The van der Waals surface area contributed by atoms with Crippen molar-refractivity contribution in [3.63, 3.8) is 0 Å². The average Bonchev–Trinajstić information content (AvgIpc) is 2.19. The molecule has 17 heavy (non-hydrogen) atoms. The quantitative estimate of drug-likeness (QED) is 0.767. The average molecular weight is 261 g/mol. The van der Waals surface area contributed by atoms with Crippen molar-refractivity contribution in [3.05, 3.63) is 29.1 Å². The minimum atomic E-state index is -3.76. The minimum absolute atomic E-state index is 0.0801. The van der Waals surface area contributed by atoms with Crippen LogP contribution in [-0.2, 0) is 16.6 Å². The van der Waals surface area contributed by atoms with Gasteiger partial charge < -0.3 is 5.73 Å². The monoisotopic (exact) mass is 261 g/mol. The van der Waals surface area contributed by atoms with Gasteiger partial charge in [-0.25, -0.2) is 17.8 Å². The lowest BCUT2D eigenvalue weighted by Crippen LogP contribution is -2.36. The highest BCUT2D eigenvalue weighted by atomic mass is 32.2. The van der Waals surface area contributed by atoms with E-state index in [-0.39, 0.29) is 17.0 Å². The minimum Gasteiger partial charge on any atom is -0.326 e. The van der Waals surface area contributed by atoms with Crippen molar-refractivity contribution in [2.24, 2.45) is 5.73 Å².